The Morgan fingerprint density at radius 3 is 1.35 bits per heavy atom. The molecule has 1 aromatic heterocycles. The number of ether oxygens (including phenoxy) is 2. The van der Waals surface area contributed by atoms with Crippen molar-refractivity contribution in [3.8, 4) is 11.5 Å². The molecule has 0 aliphatic rings. The Hall–Kier alpha value is -4.37. The summed E-state index contributed by atoms with van der Waals surface area (Å²) in [6.45, 7) is 0. The van der Waals surface area contributed by atoms with Crippen LogP contribution in [0.5, 0.6) is 11.5 Å². The van der Waals surface area contributed by atoms with Crippen molar-refractivity contribution < 1.29 is 9.47 Å². The molecule has 0 N–H and O–H groups in total. The van der Waals surface area contributed by atoms with Crippen molar-refractivity contribution in [2.75, 3.05) is 14.2 Å². The van der Waals surface area contributed by atoms with Crippen molar-refractivity contribution in [3.05, 3.63) is 114 Å². The fraction of sp³-hybridized carbons (Fsp3) is 0.0645. The van der Waals surface area contributed by atoms with Gasteiger partial charge in [0, 0.05) is 10.8 Å². The lowest BCUT2D eigenvalue weighted by Crippen LogP contribution is -1.88. The van der Waals surface area contributed by atoms with Gasteiger partial charge in [-0.25, -0.2) is 4.98 Å². The summed E-state index contributed by atoms with van der Waals surface area (Å²) >= 11 is 0. The number of rotatable bonds is 6. The van der Waals surface area contributed by atoms with Crippen LogP contribution < -0.4 is 9.47 Å². The average Bonchev–Trinajstić information content (AvgIpc) is 2.90. The molecule has 0 radical (unpaired) electrons. The third kappa shape index (κ3) is 4.28. The van der Waals surface area contributed by atoms with Gasteiger partial charge in [0.2, 0.25) is 0 Å². The summed E-state index contributed by atoms with van der Waals surface area (Å²) in [6.07, 6.45) is 8.31. The Labute approximate surface area is 199 Å². The number of methoxy groups -OCH3 is 2. The van der Waals surface area contributed by atoms with Crippen LogP contribution in [0.25, 0.3) is 45.8 Å². The van der Waals surface area contributed by atoms with Gasteiger partial charge in [0.25, 0.3) is 0 Å². The summed E-state index contributed by atoms with van der Waals surface area (Å²) < 4.78 is 11.0. The molecule has 3 nitrogen and oxygen atoms in total. The number of aromatic nitrogens is 1. The lowest BCUT2D eigenvalue weighted by Gasteiger charge is -2.08. The molecule has 3 heteroatoms. The second-order valence-electron chi connectivity index (χ2n) is 7.96. The van der Waals surface area contributed by atoms with Gasteiger partial charge < -0.3 is 9.47 Å². The summed E-state index contributed by atoms with van der Waals surface area (Å²) in [7, 11) is 3.41. The molecule has 0 spiro atoms. The predicted molar refractivity (Wildman–Crippen MR) is 143 cm³/mol. The highest BCUT2D eigenvalue weighted by Crippen LogP contribution is 2.30. The summed E-state index contributed by atoms with van der Waals surface area (Å²) in [5, 5.41) is 4.51. The van der Waals surface area contributed by atoms with Crippen LogP contribution in [0.15, 0.2) is 91.0 Å². The maximum atomic E-state index is 5.51. The monoisotopic (exact) mass is 443 g/mol. The molecule has 0 bridgehead atoms. The zero-order chi connectivity index (χ0) is 23.3. The summed E-state index contributed by atoms with van der Waals surface area (Å²) in [6, 6.07) is 30.8. The standard InChI is InChI=1S/C31H25NO2/c1-33-30-20-16-22(26-10-3-5-12-28(26)30)14-18-24-8-7-9-25(32-24)19-15-23-17-21-31(34-2)29-13-6-4-11-27(23)29/h3-21H,1-2H3. The summed E-state index contributed by atoms with van der Waals surface area (Å²) in [4.78, 5) is 4.81. The number of hydrogen-bond acceptors (Lipinski definition) is 3. The van der Waals surface area contributed by atoms with E-state index in [4.69, 9.17) is 14.5 Å². The molecule has 0 saturated heterocycles. The van der Waals surface area contributed by atoms with E-state index in [0.717, 1.165) is 55.6 Å². The highest BCUT2D eigenvalue weighted by molar-refractivity contribution is 5.97. The van der Waals surface area contributed by atoms with Crippen LogP contribution >= 0.6 is 0 Å². The number of nitrogens with zero attached hydrogens (tertiary/aromatic N) is 1. The van der Waals surface area contributed by atoms with E-state index in [1.54, 1.807) is 14.2 Å². The molecular formula is C31H25NO2. The normalized spacial score (nSPS) is 11.6. The van der Waals surface area contributed by atoms with Crippen molar-refractivity contribution in [2.45, 2.75) is 0 Å². The van der Waals surface area contributed by atoms with Crippen LogP contribution in [0.4, 0.5) is 0 Å². The maximum absolute atomic E-state index is 5.51. The number of fused-ring (bicyclic) bond motifs is 2. The number of hydrogen-bond donors (Lipinski definition) is 0. The predicted octanol–water partition coefficient (Wildman–Crippen LogP) is 7.75. The van der Waals surface area contributed by atoms with Gasteiger partial charge in [-0.05, 0) is 58.3 Å². The van der Waals surface area contributed by atoms with E-state index in [-0.39, 0.29) is 0 Å². The topological polar surface area (TPSA) is 31.4 Å². The largest absolute Gasteiger partial charge is 0.496 e. The zero-order valence-electron chi connectivity index (χ0n) is 19.2. The van der Waals surface area contributed by atoms with Gasteiger partial charge in [-0.1, -0.05) is 78.9 Å². The molecular weight excluding hydrogens is 418 g/mol. The average molecular weight is 444 g/mol. The van der Waals surface area contributed by atoms with Gasteiger partial charge in [-0.2, -0.15) is 0 Å². The first-order valence-corrected chi connectivity index (χ1v) is 11.2. The Bertz CT molecular complexity index is 1420. The fourth-order valence-corrected chi connectivity index (χ4v) is 4.24. The molecule has 0 atom stereocenters. The molecule has 0 unspecified atom stereocenters. The first kappa shape index (κ1) is 21.5. The smallest absolute Gasteiger partial charge is 0.126 e. The van der Waals surface area contributed by atoms with Gasteiger partial charge in [0.15, 0.2) is 0 Å². The van der Waals surface area contributed by atoms with E-state index < -0.39 is 0 Å². The summed E-state index contributed by atoms with van der Waals surface area (Å²) in [5.74, 6) is 1.76. The lowest BCUT2D eigenvalue weighted by atomic mass is 10.0. The van der Waals surface area contributed by atoms with Crippen molar-refractivity contribution >= 4 is 45.8 Å². The Balaban J connectivity index is 1.43. The molecule has 5 aromatic rings. The first-order chi connectivity index (χ1) is 16.8. The van der Waals surface area contributed by atoms with Crippen molar-refractivity contribution in [1.82, 2.24) is 4.98 Å². The second kappa shape index (κ2) is 9.63. The van der Waals surface area contributed by atoms with Gasteiger partial charge in [0.1, 0.15) is 11.5 Å². The minimum absolute atomic E-state index is 0.879. The number of benzene rings is 4. The minimum Gasteiger partial charge on any atom is -0.496 e. The Morgan fingerprint density at radius 1 is 0.471 bits per heavy atom. The Morgan fingerprint density at radius 2 is 0.912 bits per heavy atom. The van der Waals surface area contributed by atoms with Gasteiger partial charge in [-0.3, -0.25) is 0 Å². The molecule has 166 valence electrons. The van der Waals surface area contributed by atoms with Gasteiger partial charge >= 0.3 is 0 Å². The highest BCUT2D eigenvalue weighted by atomic mass is 16.5. The van der Waals surface area contributed by atoms with Crippen molar-refractivity contribution in [1.29, 1.82) is 0 Å². The van der Waals surface area contributed by atoms with Crippen LogP contribution in [0.1, 0.15) is 22.5 Å². The molecule has 4 aromatic carbocycles. The van der Waals surface area contributed by atoms with Crippen LogP contribution in [0.2, 0.25) is 0 Å². The molecule has 34 heavy (non-hydrogen) atoms. The van der Waals surface area contributed by atoms with E-state index in [2.05, 4.69) is 48.6 Å². The Kier molecular flexibility index (Phi) is 6.09. The van der Waals surface area contributed by atoms with Crippen molar-refractivity contribution in [3.63, 3.8) is 0 Å². The van der Waals surface area contributed by atoms with Crippen LogP contribution in [0, 0.1) is 0 Å². The van der Waals surface area contributed by atoms with Gasteiger partial charge in [0.05, 0.1) is 25.6 Å². The third-order valence-corrected chi connectivity index (χ3v) is 5.93. The molecule has 0 saturated carbocycles. The molecule has 1 heterocycles. The third-order valence-electron chi connectivity index (χ3n) is 5.93. The SMILES string of the molecule is COc1ccc(C=Cc2cccc(C=Cc3ccc(OC)c4ccccc34)n2)c2ccccc12. The molecule has 0 aliphatic heterocycles. The van der Waals surface area contributed by atoms with Gasteiger partial charge in [-0.15, -0.1) is 0 Å². The molecule has 0 amide bonds. The molecule has 0 aliphatic carbocycles. The van der Waals surface area contributed by atoms with Crippen LogP contribution in [-0.2, 0) is 0 Å². The van der Waals surface area contributed by atoms with E-state index in [1.807, 2.05) is 66.7 Å². The summed E-state index contributed by atoms with van der Waals surface area (Å²) in [5.41, 5.74) is 4.07. The van der Waals surface area contributed by atoms with E-state index in [0.29, 0.717) is 0 Å². The molecule has 5 rings (SSSR count). The first-order valence-electron chi connectivity index (χ1n) is 11.2. The fourth-order valence-electron chi connectivity index (χ4n) is 4.24. The second-order valence-corrected chi connectivity index (χ2v) is 7.96. The quantitative estimate of drug-likeness (QED) is 0.269. The number of pyridine rings is 1. The van der Waals surface area contributed by atoms with E-state index in [1.165, 1.54) is 0 Å². The van der Waals surface area contributed by atoms with Crippen LogP contribution in [-0.4, -0.2) is 19.2 Å². The van der Waals surface area contributed by atoms with E-state index in [9.17, 15) is 0 Å². The highest BCUT2D eigenvalue weighted by Gasteiger charge is 2.05. The maximum Gasteiger partial charge on any atom is 0.126 e. The van der Waals surface area contributed by atoms with E-state index >= 15 is 0 Å². The minimum atomic E-state index is 0.879. The molecule has 0 fully saturated rings. The van der Waals surface area contributed by atoms with Crippen molar-refractivity contribution in [2.24, 2.45) is 0 Å². The zero-order valence-corrected chi connectivity index (χ0v) is 19.2. The van der Waals surface area contributed by atoms with Crippen LogP contribution in [0.3, 0.4) is 0 Å². The lowest BCUT2D eigenvalue weighted by molar-refractivity contribution is 0.419.